The second kappa shape index (κ2) is 9.64. The quantitative estimate of drug-likeness (QED) is 0.376. The number of fused-ring (bicyclic) bond motifs is 1. The van der Waals surface area contributed by atoms with E-state index in [1.165, 1.54) is 7.05 Å². The molecule has 190 valence electrons. The summed E-state index contributed by atoms with van der Waals surface area (Å²) in [6, 6.07) is 5.77. The molecule has 0 amide bonds. The molecule has 1 atom stereocenters. The molecule has 11 heteroatoms. The van der Waals surface area contributed by atoms with E-state index >= 15 is 0 Å². The van der Waals surface area contributed by atoms with Crippen LogP contribution in [-0.2, 0) is 16.6 Å². The monoisotopic (exact) mass is 508 g/mol. The highest BCUT2D eigenvalue weighted by atomic mass is 32.2. The molecule has 0 spiro atoms. The summed E-state index contributed by atoms with van der Waals surface area (Å²) in [6.45, 7) is 4.75. The second-order valence-corrected chi connectivity index (χ2v) is 11.4. The average Bonchev–Trinajstić information content (AvgIpc) is 3.61. The molecule has 4 heterocycles. The molecule has 1 aliphatic heterocycles. The van der Waals surface area contributed by atoms with Crippen molar-refractivity contribution >= 4 is 26.9 Å². The van der Waals surface area contributed by atoms with Crippen molar-refractivity contribution in [2.75, 3.05) is 39.1 Å². The molecule has 4 aromatic rings. The zero-order chi connectivity index (χ0) is 25.4. The van der Waals surface area contributed by atoms with Gasteiger partial charge in [0.05, 0.1) is 29.5 Å². The summed E-state index contributed by atoms with van der Waals surface area (Å²) >= 11 is 0. The second-order valence-electron chi connectivity index (χ2n) is 9.56. The fourth-order valence-electron chi connectivity index (χ4n) is 4.66. The van der Waals surface area contributed by atoms with Crippen molar-refractivity contribution in [1.29, 1.82) is 0 Å². The standard InChI is InChI=1S/C25H32N8O2S/c1-17-6-5-7-33(17)20-10-18(11-21(12-20)36(34,35)26-2)23-15-28-25-24(30-23)22(14-27-25)19-13-29-32(16-19)9-8-31(3)4/h10-17,26H,5-9H2,1-4H3,(H,27,28)/t17-/m1/s1. The van der Waals surface area contributed by atoms with E-state index < -0.39 is 10.0 Å². The van der Waals surface area contributed by atoms with Gasteiger partial charge in [-0.15, -0.1) is 0 Å². The molecule has 36 heavy (non-hydrogen) atoms. The Bertz CT molecular complexity index is 1490. The molecule has 0 bridgehead atoms. The highest BCUT2D eigenvalue weighted by Gasteiger charge is 2.24. The Morgan fingerprint density at radius 2 is 2.03 bits per heavy atom. The van der Waals surface area contributed by atoms with Crippen molar-refractivity contribution in [3.8, 4) is 22.4 Å². The van der Waals surface area contributed by atoms with Crippen molar-refractivity contribution in [2.24, 2.45) is 0 Å². The normalized spacial score (nSPS) is 16.5. The lowest BCUT2D eigenvalue weighted by atomic mass is 10.1. The molecule has 0 aliphatic carbocycles. The van der Waals surface area contributed by atoms with Crippen molar-refractivity contribution in [3.63, 3.8) is 0 Å². The molecule has 10 nitrogen and oxygen atoms in total. The van der Waals surface area contributed by atoms with Gasteiger partial charge in [-0.05, 0) is 59.1 Å². The Kier molecular flexibility index (Phi) is 6.54. The third-order valence-electron chi connectivity index (χ3n) is 6.75. The first-order chi connectivity index (χ1) is 17.2. The van der Waals surface area contributed by atoms with Crippen LogP contribution < -0.4 is 9.62 Å². The van der Waals surface area contributed by atoms with Gasteiger partial charge >= 0.3 is 0 Å². The van der Waals surface area contributed by atoms with Gasteiger partial charge in [-0.25, -0.2) is 23.1 Å². The fraction of sp³-hybridized carbons (Fsp3) is 0.400. The lowest BCUT2D eigenvalue weighted by molar-refractivity contribution is 0.373. The van der Waals surface area contributed by atoms with Crippen LogP contribution in [0.15, 0.2) is 47.9 Å². The van der Waals surface area contributed by atoms with E-state index in [-0.39, 0.29) is 4.90 Å². The Balaban J connectivity index is 1.57. The molecule has 1 aromatic carbocycles. The van der Waals surface area contributed by atoms with E-state index in [0.29, 0.717) is 22.9 Å². The van der Waals surface area contributed by atoms with Gasteiger partial charge in [0.15, 0.2) is 5.65 Å². The third-order valence-corrected chi connectivity index (χ3v) is 8.15. The van der Waals surface area contributed by atoms with Crippen LogP contribution in [0.2, 0.25) is 0 Å². The highest BCUT2D eigenvalue weighted by molar-refractivity contribution is 7.89. The number of hydrogen-bond acceptors (Lipinski definition) is 7. The number of aromatic nitrogens is 5. The molecule has 0 radical (unpaired) electrons. The van der Waals surface area contributed by atoms with E-state index in [2.05, 4.69) is 36.5 Å². The van der Waals surface area contributed by atoms with Crippen molar-refractivity contribution in [3.05, 3.63) is 43.0 Å². The minimum atomic E-state index is -3.64. The number of benzene rings is 1. The predicted octanol–water partition coefficient (Wildman–Crippen LogP) is 2.95. The molecule has 1 aliphatic rings. The van der Waals surface area contributed by atoms with Crippen molar-refractivity contribution in [2.45, 2.75) is 37.2 Å². The molecule has 1 saturated heterocycles. The average molecular weight is 509 g/mol. The molecular formula is C25H32N8O2S. The zero-order valence-electron chi connectivity index (χ0n) is 21.1. The summed E-state index contributed by atoms with van der Waals surface area (Å²) in [4.78, 5) is 17.3. The van der Waals surface area contributed by atoms with Crippen LogP contribution in [0.5, 0.6) is 0 Å². The smallest absolute Gasteiger partial charge is 0.240 e. The van der Waals surface area contributed by atoms with Crippen LogP contribution in [0.25, 0.3) is 33.5 Å². The molecule has 3 aromatic heterocycles. The number of likely N-dealkylation sites (N-methyl/N-ethyl adjacent to an activating group) is 1. The number of nitrogens with zero attached hydrogens (tertiary/aromatic N) is 6. The summed E-state index contributed by atoms with van der Waals surface area (Å²) in [7, 11) is 1.86. The fourth-order valence-corrected chi connectivity index (χ4v) is 5.46. The number of rotatable bonds is 8. The Labute approximate surface area is 211 Å². The largest absolute Gasteiger partial charge is 0.369 e. The maximum absolute atomic E-state index is 12.8. The Morgan fingerprint density at radius 3 is 2.75 bits per heavy atom. The maximum Gasteiger partial charge on any atom is 0.240 e. The van der Waals surface area contributed by atoms with Crippen molar-refractivity contribution < 1.29 is 8.42 Å². The lowest BCUT2D eigenvalue weighted by Gasteiger charge is -2.25. The van der Waals surface area contributed by atoms with Gasteiger partial charge in [0.2, 0.25) is 10.0 Å². The van der Waals surface area contributed by atoms with Crippen molar-refractivity contribution in [1.82, 2.24) is 34.4 Å². The van der Waals surface area contributed by atoms with Gasteiger partial charge in [0.25, 0.3) is 0 Å². The first-order valence-corrected chi connectivity index (χ1v) is 13.6. The topological polar surface area (TPSA) is 112 Å². The summed E-state index contributed by atoms with van der Waals surface area (Å²) < 4.78 is 29.9. The van der Waals surface area contributed by atoms with Gasteiger partial charge in [-0.1, -0.05) is 0 Å². The van der Waals surface area contributed by atoms with Crippen LogP contribution in [0.4, 0.5) is 5.69 Å². The number of aromatic amines is 1. The van der Waals surface area contributed by atoms with Crippen LogP contribution in [0, 0.1) is 0 Å². The van der Waals surface area contributed by atoms with Crippen LogP contribution in [0.1, 0.15) is 19.8 Å². The number of H-pyrrole nitrogens is 1. The zero-order valence-corrected chi connectivity index (χ0v) is 21.9. The highest BCUT2D eigenvalue weighted by Crippen LogP contribution is 2.33. The van der Waals surface area contributed by atoms with E-state index in [4.69, 9.17) is 4.98 Å². The van der Waals surface area contributed by atoms with Gasteiger partial charge in [-0.3, -0.25) is 4.68 Å². The molecular weight excluding hydrogens is 476 g/mol. The van der Waals surface area contributed by atoms with E-state index in [1.54, 1.807) is 18.3 Å². The van der Waals surface area contributed by atoms with Gasteiger partial charge < -0.3 is 14.8 Å². The molecule has 0 unspecified atom stereocenters. The minimum absolute atomic E-state index is 0.218. The number of nitrogens with one attached hydrogen (secondary N) is 2. The molecule has 1 fully saturated rings. The Morgan fingerprint density at radius 1 is 1.19 bits per heavy atom. The van der Waals surface area contributed by atoms with Gasteiger partial charge in [0, 0.05) is 53.9 Å². The number of anilines is 1. The van der Waals surface area contributed by atoms with E-state index in [0.717, 1.165) is 54.8 Å². The number of hydrogen-bond donors (Lipinski definition) is 2. The van der Waals surface area contributed by atoms with E-state index in [1.807, 2.05) is 43.4 Å². The van der Waals surface area contributed by atoms with Gasteiger partial charge in [0.1, 0.15) is 5.52 Å². The maximum atomic E-state index is 12.8. The number of sulfonamides is 1. The first-order valence-electron chi connectivity index (χ1n) is 12.1. The summed E-state index contributed by atoms with van der Waals surface area (Å²) in [5, 5.41) is 4.49. The SMILES string of the molecule is CNS(=O)(=O)c1cc(-c2cnc3[nH]cc(-c4cnn(CCN(C)C)c4)c3n2)cc(N2CCC[C@H]2C)c1. The summed E-state index contributed by atoms with van der Waals surface area (Å²) in [5.74, 6) is 0. The summed E-state index contributed by atoms with van der Waals surface area (Å²) in [6.07, 6.45) is 9.58. The molecule has 5 rings (SSSR count). The molecule has 0 saturated carbocycles. The van der Waals surface area contributed by atoms with Gasteiger partial charge in [-0.2, -0.15) is 5.10 Å². The minimum Gasteiger partial charge on any atom is -0.369 e. The third kappa shape index (κ3) is 4.73. The van der Waals surface area contributed by atoms with Crippen LogP contribution in [-0.4, -0.2) is 78.3 Å². The lowest BCUT2D eigenvalue weighted by Crippen LogP contribution is -2.27. The van der Waals surface area contributed by atoms with Crippen LogP contribution in [0.3, 0.4) is 0 Å². The molecule has 2 N–H and O–H groups in total. The summed E-state index contributed by atoms with van der Waals surface area (Å²) in [5.41, 5.74) is 5.45. The first kappa shape index (κ1) is 24.4. The van der Waals surface area contributed by atoms with Crippen LogP contribution >= 0.6 is 0 Å². The predicted molar refractivity (Wildman–Crippen MR) is 141 cm³/mol. The van der Waals surface area contributed by atoms with E-state index in [9.17, 15) is 8.42 Å². The Hall–Kier alpha value is -3.28.